The maximum atomic E-state index is 10.0. The van der Waals surface area contributed by atoms with Crippen LogP contribution in [0.15, 0.2) is 48.7 Å². The third-order valence-electron chi connectivity index (χ3n) is 2.86. The van der Waals surface area contributed by atoms with E-state index in [-0.39, 0.29) is 5.54 Å². The van der Waals surface area contributed by atoms with E-state index in [4.69, 9.17) is 4.74 Å². The summed E-state index contributed by atoms with van der Waals surface area (Å²) >= 11 is 0. The van der Waals surface area contributed by atoms with Crippen LogP contribution < -0.4 is 10.1 Å². The third kappa shape index (κ3) is 5.17. The maximum absolute atomic E-state index is 10.0. The van der Waals surface area contributed by atoms with Crippen LogP contribution in [-0.2, 0) is 6.61 Å². The Hall–Kier alpha value is -1.91. The van der Waals surface area contributed by atoms with Crippen LogP contribution in [0.3, 0.4) is 0 Å². The highest BCUT2D eigenvalue weighted by Crippen LogP contribution is 2.16. The van der Waals surface area contributed by atoms with E-state index in [9.17, 15) is 5.11 Å². The lowest BCUT2D eigenvalue weighted by Gasteiger charge is -2.24. The van der Waals surface area contributed by atoms with Gasteiger partial charge in [0.15, 0.2) is 0 Å². The topological polar surface area (TPSA) is 54.4 Å². The molecule has 0 aliphatic heterocycles. The van der Waals surface area contributed by atoms with Crippen LogP contribution in [0, 0.1) is 0 Å². The van der Waals surface area contributed by atoms with Gasteiger partial charge in [-0.15, -0.1) is 0 Å². The molecule has 0 spiro atoms. The van der Waals surface area contributed by atoms with Crippen molar-refractivity contribution < 1.29 is 9.84 Å². The molecule has 4 nitrogen and oxygen atoms in total. The van der Waals surface area contributed by atoms with Crippen LogP contribution in [0.4, 0.5) is 0 Å². The number of aliphatic hydroxyl groups excluding tert-OH is 1. The van der Waals surface area contributed by atoms with Crippen molar-refractivity contribution in [2.75, 3.05) is 0 Å². The van der Waals surface area contributed by atoms with E-state index in [1.54, 1.807) is 12.3 Å². The highest BCUT2D eigenvalue weighted by molar-refractivity contribution is 5.22. The second-order valence-electron chi connectivity index (χ2n) is 5.99. The second-order valence-corrected chi connectivity index (χ2v) is 5.99. The molecule has 0 aliphatic rings. The molecule has 1 heterocycles. The number of hydrogen-bond acceptors (Lipinski definition) is 4. The molecule has 1 unspecified atom stereocenters. The Morgan fingerprint density at radius 1 is 1.14 bits per heavy atom. The molecule has 0 saturated carbocycles. The normalized spacial score (nSPS) is 13.0. The van der Waals surface area contributed by atoms with Gasteiger partial charge in [0.1, 0.15) is 18.6 Å². The summed E-state index contributed by atoms with van der Waals surface area (Å²) in [6.07, 6.45) is 0.847. The SMILES string of the molecule is CC(C)(C)NC(O)c1ccc(OCc2ccccc2)cn1. The van der Waals surface area contributed by atoms with Crippen molar-refractivity contribution in [1.82, 2.24) is 10.3 Å². The lowest BCUT2D eigenvalue weighted by molar-refractivity contribution is 0.103. The number of benzene rings is 1. The van der Waals surface area contributed by atoms with Crippen molar-refractivity contribution in [2.45, 2.75) is 39.1 Å². The van der Waals surface area contributed by atoms with Crippen molar-refractivity contribution in [2.24, 2.45) is 0 Å². The average Bonchev–Trinajstić information content (AvgIpc) is 2.45. The molecule has 2 N–H and O–H groups in total. The molecule has 0 fully saturated rings. The summed E-state index contributed by atoms with van der Waals surface area (Å²) in [5.74, 6) is 0.686. The number of nitrogens with one attached hydrogen (secondary N) is 1. The van der Waals surface area contributed by atoms with Gasteiger partial charge in [0.25, 0.3) is 0 Å². The number of pyridine rings is 1. The molecule has 2 aromatic rings. The Labute approximate surface area is 125 Å². The van der Waals surface area contributed by atoms with Gasteiger partial charge in [-0.2, -0.15) is 0 Å². The standard InChI is InChI=1S/C17H22N2O2/c1-17(2,3)19-16(20)15-10-9-14(11-18-15)21-12-13-7-5-4-6-8-13/h4-11,16,19-20H,12H2,1-3H3. The van der Waals surface area contributed by atoms with Gasteiger partial charge in [0, 0.05) is 5.54 Å². The minimum Gasteiger partial charge on any atom is -0.487 e. The summed E-state index contributed by atoms with van der Waals surface area (Å²) in [5.41, 5.74) is 1.51. The fourth-order valence-electron chi connectivity index (χ4n) is 1.86. The number of hydrogen-bond donors (Lipinski definition) is 2. The molecule has 0 bridgehead atoms. The Kier molecular flexibility index (Phi) is 4.94. The van der Waals surface area contributed by atoms with Gasteiger partial charge in [-0.25, -0.2) is 0 Å². The Balaban J connectivity index is 1.93. The van der Waals surface area contributed by atoms with Gasteiger partial charge in [-0.1, -0.05) is 30.3 Å². The molecule has 0 amide bonds. The summed E-state index contributed by atoms with van der Waals surface area (Å²) in [7, 11) is 0. The molecule has 2 rings (SSSR count). The summed E-state index contributed by atoms with van der Waals surface area (Å²) < 4.78 is 5.66. The smallest absolute Gasteiger partial charge is 0.148 e. The first-order valence-corrected chi connectivity index (χ1v) is 7.02. The fraction of sp³-hybridized carbons (Fsp3) is 0.353. The van der Waals surface area contributed by atoms with E-state index >= 15 is 0 Å². The Bertz CT molecular complexity index is 547. The first-order chi connectivity index (χ1) is 9.94. The van der Waals surface area contributed by atoms with Crippen molar-refractivity contribution in [3.8, 4) is 5.75 Å². The van der Waals surface area contributed by atoms with Crippen LogP contribution >= 0.6 is 0 Å². The van der Waals surface area contributed by atoms with E-state index < -0.39 is 6.23 Å². The first-order valence-electron chi connectivity index (χ1n) is 7.02. The van der Waals surface area contributed by atoms with Gasteiger partial charge in [-0.3, -0.25) is 10.3 Å². The number of nitrogens with zero attached hydrogens (tertiary/aromatic N) is 1. The quantitative estimate of drug-likeness (QED) is 0.830. The average molecular weight is 286 g/mol. The molecule has 0 aliphatic carbocycles. The zero-order valence-electron chi connectivity index (χ0n) is 12.7. The lowest BCUT2D eigenvalue weighted by Crippen LogP contribution is -2.39. The van der Waals surface area contributed by atoms with E-state index in [0.29, 0.717) is 18.1 Å². The Morgan fingerprint density at radius 2 is 1.86 bits per heavy atom. The zero-order valence-corrected chi connectivity index (χ0v) is 12.7. The van der Waals surface area contributed by atoms with Gasteiger partial charge < -0.3 is 9.84 Å². The molecule has 1 atom stereocenters. The van der Waals surface area contributed by atoms with Gasteiger partial charge in [-0.05, 0) is 38.5 Å². The fourth-order valence-corrected chi connectivity index (χ4v) is 1.86. The molecular weight excluding hydrogens is 264 g/mol. The van der Waals surface area contributed by atoms with Gasteiger partial charge >= 0.3 is 0 Å². The van der Waals surface area contributed by atoms with Crippen LogP contribution in [0.2, 0.25) is 0 Å². The van der Waals surface area contributed by atoms with Gasteiger partial charge in [0.2, 0.25) is 0 Å². The zero-order chi connectivity index (χ0) is 15.3. The predicted molar refractivity (Wildman–Crippen MR) is 82.9 cm³/mol. The molecule has 112 valence electrons. The molecule has 0 radical (unpaired) electrons. The van der Waals surface area contributed by atoms with E-state index in [2.05, 4.69) is 10.3 Å². The van der Waals surface area contributed by atoms with Crippen LogP contribution in [0.5, 0.6) is 5.75 Å². The number of aliphatic hydroxyl groups is 1. The Morgan fingerprint density at radius 3 is 2.43 bits per heavy atom. The summed E-state index contributed by atoms with van der Waals surface area (Å²) in [6, 6.07) is 13.5. The predicted octanol–water partition coefficient (Wildman–Crippen LogP) is 3.04. The van der Waals surface area contributed by atoms with E-state index in [1.807, 2.05) is 57.2 Å². The minimum absolute atomic E-state index is 0.177. The highest BCUT2D eigenvalue weighted by Gasteiger charge is 2.17. The molecule has 0 saturated heterocycles. The molecule has 1 aromatic heterocycles. The van der Waals surface area contributed by atoms with Crippen molar-refractivity contribution in [3.05, 3.63) is 59.9 Å². The van der Waals surface area contributed by atoms with Crippen LogP contribution in [-0.4, -0.2) is 15.6 Å². The maximum Gasteiger partial charge on any atom is 0.148 e. The lowest BCUT2D eigenvalue weighted by atomic mass is 10.1. The monoisotopic (exact) mass is 286 g/mol. The number of aromatic nitrogens is 1. The largest absolute Gasteiger partial charge is 0.487 e. The summed E-state index contributed by atoms with van der Waals surface area (Å²) in [5, 5.41) is 13.1. The van der Waals surface area contributed by atoms with E-state index in [0.717, 1.165) is 5.56 Å². The van der Waals surface area contributed by atoms with Gasteiger partial charge in [0.05, 0.1) is 11.9 Å². The minimum atomic E-state index is -0.784. The molecule has 21 heavy (non-hydrogen) atoms. The first kappa shape index (κ1) is 15.5. The van der Waals surface area contributed by atoms with Crippen LogP contribution in [0.25, 0.3) is 0 Å². The summed E-state index contributed by atoms with van der Waals surface area (Å²) in [4.78, 5) is 4.24. The number of ether oxygens (including phenoxy) is 1. The second kappa shape index (κ2) is 6.70. The van der Waals surface area contributed by atoms with Crippen molar-refractivity contribution in [1.29, 1.82) is 0 Å². The molecule has 1 aromatic carbocycles. The molecular formula is C17H22N2O2. The third-order valence-corrected chi connectivity index (χ3v) is 2.86. The molecule has 4 heteroatoms. The summed E-state index contributed by atoms with van der Waals surface area (Å²) in [6.45, 7) is 6.49. The number of rotatable bonds is 5. The van der Waals surface area contributed by atoms with E-state index in [1.165, 1.54) is 0 Å². The van der Waals surface area contributed by atoms with Crippen molar-refractivity contribution in [3.63, 3.8) is 0 Å². The van der Waals surface area contributed by atoms with Crippen LogP contribution in [0.1, 0.15) is 38.3 Å². The van der Waals surface area contributed by atoms with Crippen molar-refractivity contribution >= 4 is 0 Å². The highest BCUT2D eigenvalue weighted by atomic mass is 16.5.